The number of fused-ring (bicyclic) bond motifs is 1. The summed E-state index contributed by atoms with van der Waals surface area (Å²) >= 11 is 0. The summed E-state index contributed by atoms with van der Waals surface area (Å²) in [5, 5.41) is 3.36. The number of alkyl halides is 3. The first-order valence-corrected chi connectivity index (χ1v) is 11.1. The van der Waals surface area contributed by atoms with E-state index in [0.29, 0.717) is 11.1 Å². The lowest BCUT2D eigenvalue weighted by Crippen LogP contribution is -2.25. The Balaban J connectivity index is 1.48. The van der Waals surface area contributed by atoms with Crippen molar-refractivity contribution >= 4 is 26.5 Å². The van der Waals surface area contributed by atoms with Crippen LogP contribution in [-0.4, -0.2) is 12.3 Å². The smallest absolute Gasteiger partial charge is 0.451 e. The van der Waals surface area contributed by atoms with Gasteiger partial charge in [-0.1, -0.05) is 24.3 Å². The molecule has 7 heteroatoms. The second-order valence-electron chi connectivity index (χ2n) is 7.67. The summed E-state index contributed by atoms with van der Waals surface area (Å²) in [6.45, 7) is 3.36. The van der Waals surface area contributed by atoms with E-state index in [2.05, 4.69) is 28.3 Å². The second-order valence-corrected chi connectivity index (χ2v) is 9.53. The van der Waals surface area contributed by atoms with E-state index in [-0.39, 0.29) is 16.2 Å². The van der Waals surface area contributed by atoms with E-state index in [9.17, 15) is 18.0 Å². The van der Waals surface area contributed by atoms with E-state index in [1.165, 1.54) is 34.4 Å². The molecule has 1 heterocycles. The van der Waals surface area contributed by atoms with Gasteiger partial charge < -0.3 is 9.47 Å². The van der Waals surface area contributed by atoms with E-state index in [4.69, 9.17) is 4.74 Å². The number of hydrogen-bond donors (Lipinski definition) is 0. The lowest BCUT2D eigenvalue weighted by molar-refractivity contribution is -0.274. The third kappa shape index (κ3) is 4.78. The molecular weight excluding hydrogens is 437 g/mol. The SMILES string of the molecule is CC(C)(OC(=O)c1ccc(-[s+]2ccc3ccccc32)cc1)c1ccc(OC(F)(F)F)cc1. The number of rotatable bonds is 5. The zero-order valence-electron chi connectivity index (χ0n) is 17.3. The van der Waals surface area contributed by atoms with Crippen molar-refractivity contribution in [1.82, 2.24) is 0 Å². The maximum Gasteiger partial charge on any atom is 0.573 e. The maximum atomic E-state index is 12.7. The zero-order chi connectivity index (χ0) is 22.9. The number of carbonyl (C=O) groups is 1. The summed E-state index contributed by atoms with van der Waals surface area (Å²) < 4.78 is 47.8. The molecule has 0 fully saturated rings. The van der Waals surface area contributed by atoms with Gasteiger partial charge in [0.15, 0.2) is 9.60 Å². The highest BCUT2D eigenvalue weighted by molar-refractivity contribution is 7.43. The van der Waals surface area contributed by atoms with Crippen molar-refractivity contribution in [3.8, 4) is 10.6 Å². The number of halogens is 3. The maximum absolute atomic E-state index is 12.7. The molecular formula is C25H20F3O3S+. The first-order chi connectivity index (χ1) is 15.1. The Kier molecular flexibility index (Phi) is 5.69. The third-order valence-corrected chi connectivity index (χ3v) is 7.05. The van der Waals surface area contributed by atoms with Crippen molar-refractivity contribution in [2.45, 2.75) is 25.8 Å². The standard InChI is InChI=1S/C25H20F3O3S/c1-24(2,19-9-11-20(12-10-19)30-25(26,27)28)31-23(29)18-7-13-21(14-8-18)32-16-15-17-5-3-4-6-22(17)32/h3-16H,1-2H3/q+1. The van der Waals surface area contributed by atoms with E-state index in [1.54, 1.807) is 26.0 Å². The van der Waals surface area contributed by atoms with Crippen LogP contribution < -0.4 is 4.74 Å². The van der Waals surface area contributed by atoms with Gasteiger partial charge in [-0.2, -0.15) is 0 Å². The summed E-state index contributed by atoms with van der Waals surface area (Å²) in [7, 11) is -0.170. The Bertz CT molecular complexity index is 1240. The van der Waals surface area contributed by atoms with Crippen LogP contribution in [0.2, 0.25) is 0 Å². The molecule has 0 aliphatic rings. The lowest BCUT2D eigenvalue weighted by Gasteiger charge is -2.26. The average molecular weight is 457 g/mol. The Morgan fingerprint density at radius 3 is 2.16 bits per heavy atom. The largest absolute Gasteiger partial charge is 0.573 e. The van der Waals surface area contributed by atoms with Gasteiger partial charge in [-0.3, -0.25) is 0 Å². The van der Waals surface area contributed by atoms with Crippen molar-refractivity contribution in [2.75, 3.05) is 0 Å². The fourth-order valence-corrected chi connectivity index (χ4v) is 5.27. The van der Waals surface area contributed by atoms with Gasteiger partial charge in [-0.05, 0) is 67.9 Å². The van der Waals surface area contributed by atoms with Gasteiger partial charge in [-0.15, -0.1) is 13.2 Å². The van der Waals surface area contributed by atoms with Gasteiger partial charge in [0, 0.05) is 21.9 Å². The molecule has 4 aromatic rings. The Morgan fingerprint density at radius 2 is 1.50 bits per heavy atom. The minimum atomic E-state index is -4.76. The van der Waals surface area contributed by atoms with Crippen LogP contribution in [-0.2, 0) is 10.3 Å². The van der Waals surface area contributed by atoms with Gasteiger partial charge in [0.25, 0.3) is 0 Å². The molecule has 0 N–H and O–H groups in total. The topological polar surface area (TPSA) is 35.5 Å². The summed E-state index contributed by atoms with van der Waals surface area (Å²) in [5.41, 5.74) is -0.0911. The van der Waals surface area contributed by atoms with E-state index < -0.39 is 17.9 Å². The molecule has 0 aliphatic heterocycles. The number of thiophene rings is 1. The van der Waals surface area contributed by atoms with Gasteiger partial charge in [0.1, 0.15) is 16.7 Å². The van der Waals surface area contributed by atoms with Crippen LogP contribution >= 0.6 is 10.5 Å². The summed E-state index contributed by atoms with van der Waals surface area (Å²) in [5.74, 6) is -0.842. The quantitative estimate of drug-likeness (QED) is 0.229. The van der Waals surface area contributed by atoms with E-state index in [0.717, 1.165) is 4.90 Å². The summed E-state index contributed by atoms with van der Waals surface area (Å²) in [6, 6.07) is 22.9. The van der Waals surface area contributed by atoms with Crippen molar-refractivity contribution in [3.63, 3.8) is 0 Å². The van der Waals surface area contributed by atoms with Crippen molar-refractivity contribution in [1.29, 1.82) is 0 Å². The van der Waals surface area contributed by atoms with E-state index >= 15 is 0 Å². The van der Waals surface area contributed by atoms with Crippen LogP contribution in [0.4, 0.5) is 13.2 Å². The fraction of sp³-hybridized carbons (Fsp3) is 0.160. The molecule has 1 aromatic heterocycles. The molecule has 1 atom stereocenters. The molecule has 3 aromatic carbocycles. The van der Waals surface area contributed by atoms with Crippen molar-refractivity contribution in [2.24, 2.45) is 0 Å². The van der Waals surface area contributed by atoms with Crippen LogP contribution in [0, 0.1) is 0 Å². The second kappa shape index (κ2) is 8.31. The predicted molar refractivity (Wildman–Crippen MR) is 119 cm³/mol. The fourth-order valence-electron chi connectivity index (χ4n) is 3.38. The first-order valence-electron chi connectivity index (χ1n) is 9.82. The Labute approximate surface area is 186 Å². The van der Waals surface area contributed by atoms with E-state index in [1.807, 2.05) is 24.3 Å². The van der Waals surface area contributed by atoms with Crippen LogP contribution in [0.3, 0.4) is 0 Å². The molecule has 0 radical (unpaired) electrons. The Hall–Kier alpha value is -3.32. The molecule has 4 rings (SSSR count). The van der Waals surface area contributed by atoms with Gasteiger partial charge in [0.2, 0.25) is 0 Å². The molecule has 0 amide bonds. The average Bonchev–Trinajstić information content (AvgIpc) is 3.17. The summed E-state index contributed by atoms with van der Waals surface area (Å²) in [6.07, 6.45) is -4.76. The van der Waals surface area contributed by atoms with Crippen LogP contribution in [0.25, 0.3) is 15.0 Å². The highest BCUT2D eigenvalue weighted by atomic mass is 32.2. The molecule has 3 nitrogen and oxygen atoms in total. The predicted octanol–water partition coefficient (Wildman–Crippen LogP) is 7.57. The van der Waals surface area contributed by atoms with Crippen LogP contribution in [0.1, 0.15) is 29.8 Å². The normalized spacial score (nSPS) is 12.6. The number of benzene rings is 3. The van der Waals surface area contributed by atoms with Crippen molar-refractivity contribution < 1.29 is 27.4 Å². The number of hydrogen-bond acceptors (Lipinski definition) is 3. The Morgan fingerprint density at radius 1 is 0.844 bits per heavy atom. The number of esters is 1. The van der Waals surface area contributed by atoms with Crippen molar-refractivity contribution in [3.05, 3.63) is 95.4 Å². The molecule has 0 aliphatic carbocycles. The van der Waals surface area contributed by atoms with Gasteiger partial charge in [0.05, 0.1) is 5.56 Å². The molecule has 32 heavy (non-hydrogen) atoms. The van der Waals surface area contributed by atoms with Gasteiger partial charge in [-0.25, -0.2) is 4.79 Å². The third-order valence-electron chi connectivity index (χ3n) is 5.01. The molecule has 0 saturated heterocycles. The molecule has 0 spiro atoms. The molecule has 0 saturated carbocycles. The molecule has 0 bridgehead atoms. The van der Waals surface area contributed by atoms with Crippen LogP contribution in [0.5, 0.6) is 5.75 Å². The summed E-state index contributed by atoms with van der Waals surface area (Å²) in [4.78, 5) is 13.8. The number of ether oxygens (including phenoxy) is 2. The number of carbonyl (C=O) groups excluding carboxylic acids is 1. The van der Waals surface area contributed by atoms with Crippen LogP contribution in [0.15, 0.2) is 84.2 Å². The monoisotopic (exact) mass is 457 g/mol. The minimum absolute atomic E-state index is 0.170. The zero-order valence-corrected chi connectivity index (χ0v) is 18.2. The lowest BCUT2D eigenvalue weighted by atomic mass is 9.98. The molecule has 1 unspecified atom stereocenters. The highest BCUT2D eigenvalue weighted by Gasteiger charge is 2.32. The highest BCUT2D eigenvalue weighted by Crippen LogP contribution is 2.39. The van der Waals surface area contributed by atoms with Gasteiger partial charge >= 0.3 is 12.3 Å². The molecule has 164 valence electrons. The first kappa shape index (κ1) is 21.9. The minimum Gasteiger partial charge on any atom is -0.451 e.